The molecule has 17 heteroatoms. The Bertz CT molecular complexity index is 2480. The third kappa shape index (κ3) is 9.26. The van der Waals surface area contributed by atoms with E-state index >= 15 is 4.39 Å². The van der Waals surface area contributed by atoms with Crippen molar-refractivity contribution in [3.8, 4) is 35.0 Å². The lowest BCUT2D eigenvalue weighted by molar-refractivity contribution is 0.0119. The highest BCUT2D eigenvalue weighted by atomic mass is 28.3. The quantitative estimate of drug-likeness (QED) is 0.0725. The molecule has 0 spiro atoms. The molecule has 4 fully saturated rings. The van der Waals surface area contributed by atoms with Gasteiger partial charge in [0.1, 0.15) is 43.1 Å². The summed E-state index contributed by atoms with van der Waals surface area (Å²) in [6.07, 6.45) is 3.58. The predicted molar refractivity (Wildman–Crippen MR) is 251 cm³/mol. The predicted octanol–water partition coefficient (Wildman–Crippen LogP) is 10.5. The smallest absolute Gasteiger partial charge is 0.410 e. The number of hydrogen-bond donors (Lipinski definition) is 0. The van der Waals surface area contributed by atoms with E-state index in [1.165, 1.54) is 13.2 Å². The molecule has 1 aliphatic carbocycles. The Morgan fingerprint density at radius 3 is 2.20 bits per heavy atom. The van der Waals surface area contributed by atoms with Crippen molar-refractivity contribution >= 4 is 41.9 Å². The molecule has 2 unspecified atom stereocenters. The summed E-state index contributed by atoms with van der Waals surface area (Å²) in [6.45, 7) is 19.4. The molecular weight excluding hydrogens is 868 g/mol. The lowest BCUT2D eigenvalue weighted by Crippen LogP contribution is -2.57. The Labute approximate surface area is 387 Å². The van der Waals surface area contributed by atoms with E-state index < -0.39 is 31.5 Å². The monoisotopic (exact) mass is 933 g/mol. The van der Waals surface area contributed by atoms with Crippen LogP contribution in [0.25, 0.3) is 21.9 Å². The number of piperazine rings is 1. The number of imidazole rings is 1. The molecule has 66 heavy (non-hydrogen) atoms. The summed E-state index contributed by atoms with van der Waals surface area (Å²) in [4.78, 5) is 34.1. The summed E-state index contributed by atoms with van der Waals surface area (Å²) in [7, 11) is 0.907. The molecule has 4 aliphatic rings. The fourth-order valence-electron chi connectivity index (χ4n) is 10.9. The van der Waals surface area contributed by atoms with Gasteiger partial charge in [-0.15, -0.1) is 5.54 Å². The molecule has 358 valence electrons. The molecular formula is C49H66F3N7O6Si. The molecule has 4 aromatic rings. The van der Waals surface area contributed by atoms with Crippen LogP contribution in [-0.4, -0.2) is 120 Å². The van der Waals surface area contributed by atoms with Crippen LogP contribution >= 0.6 is 0 Å². The first-order valence-electron chi connectivity index (χ1n) is 23.6. The van der Waals surface area contributed by atoms with Crippen molar-refractivity contribution in [2.45, 2.75) is 153 Å². The van der Waals surface area contributed by atoms with Gasteiger partial charge in [0, 0.05) is 50.2 Å². The van der Waals surface area contributed by atoms with Crippen molar-refractivity contribution in [1.29, 1.82) is 0 Å². The number of halogens is 3. The number of carbonyl (C=O) groups excluding carboxylic acids is 1. The molecule has 13 nitrogen and oxygen atoms in total. The maximum Gasteiger partial charge on any atom is 0.410 e. The maximum absolute atomic E-state index is 16.4. The van der Waals surface area contributed by atoms with Gasteiger partial charge in [-0.3, -0.25) is 14.4 Å². The van der Waals surface area contributed by atoms with E-state index in [9.17, 15) is 13.6 Å². The van der Waals surface area contributed by atoms with Crippen LogP contribution in [0.15, 0.2) is 24.3 Å². The molecule has 0 radical (unpaired) electrons. The largest absolute Gasteiger partial charge is 0.467 e. The van der Waals surface area contributed by atoms with E-state index in [1.54, 1.807) is 24.1 Å². The van der Waals surface area contributed by atoms with E-state index in [2.05, 4.69) is 57.9 Å². The molecule has 2 bridgehead atoms. The number of amides is 1. The molecule has 1 saturated carbocycles. The average molecular weight is 934 g/mol. The van der Waals surface area contributed by atoms with Gasteiger partial charge in [-0.05, 0) is 94.1 Å². The van der Waals surface area contributed by atoms with Crippen molar-refractivity contribution in [2.24, 2.45) is 0 Å². The number of rotatable bonds is 13. The first kappa shape index (κ1) is 47.7. The van der Waals surface area contributed by atoms with E-state index in [-0.39, 0.29) is 68.2 Å². The zero-order valence-corrected chi connectivity index (χ0v) is 41.3. The van der Waals surface area contributed by atoms with Crippen LogP contribution in [0.2, 0.25) is 16.6 Å². The van der Waals surface area contributed by atoms with Crippen LogP contribution in [0, 0.1) is 17.3 Å². The van der Waals surface area contributed by atoms with Crippen LogP contribution < -0.4 is 19.1 Å². The number of carbonyl (C=O) groups is 1. The maximum atomic E-state index is 16.4. The molecule has 3 aliphatic heterocycles. The van der Waals surface area contributed by atoms with Crippen molar-refractivity contribution in [1.82, 2.24) is 29.3 Å². The average Bonchev–Trinajstić information content (AvgIpc) is 3.80. The minimum absolute atomic E-state index is 0.000923. The van der Waals surface area contributed by atoms with Gasteiger partial charge >= 0.3 is 18.1 Å². The number of ether oxygens (including phenoxy) is 5. The summed E-state index contributed by atoms with van der Waals surface area (Å²) in [5.74, 6) is 1.39. The topological polar surface area (TPSA) is 117 Å². The van der Waals surface area contributed by atoms with Crippen molar-refractivity contribution in [3.63, 3.8) is 0 Å². The summed E-state index contributed by atoms with van der Waals surface area (Å²) < 4.78 is 77.7. The molecule has 8 rings (SSSR count). The first-order chi connectivity index (χ1) is 31.2. The number of likely N-dealkylation sites (N-methyl/N-ethyl adjacent to an activating group) is 1. The number of benzene rings is 2. The second kappa shape index (κ2) is 18.4. The second-order valence-electron chi connectivity index (χ2n) is 20.7. The Morgan fingerprint density at radius 1 is 0.939 bits per heavy atom. The number of anilines is 1. The highest BCUT2D eigenvalue weighted by molar-refractivity contribution is 6.90. The van der Waals surface area contributed by atoms with Gasteiger partial charge < -0.3 is 28.6 Å². The van der Waals surface area contributed by atoms with Gasteiger partial charge in [-0.1, -0.05) is 53.5 Å². The third-order valence-electron chi connectivity index (χ3n) is 14.2. The Kier molecular flexibility index (Phi) is 13.3. The second-order valence-corrected chi connectivity index (χ2v) is 26.3. The normalized spacial score (nSPS) is 21.3. The lowest BCUT2D eigenvalue weighted by Gasteiger charge is -2.42. The summed E-state index contributed by atoms with van der Waals surface area (Å²) in [5.41, 5.74) is 5.22. The SMILES string of the molecule is COCOc1cc(Oc2nc3nc(OC[C@@H]4CC(F)(F)CN4C)nc(N4CC5CCC(C4)N5C(=O)OC(C)(C)C)c3n2C2CCC2)c2c(C#C[Si](C(C)C)(C(C)C)C(C)C)c(F)ccc2c1. The van der Waals surface area contributed by atoms with Gasteiger partial charge in [0.2, 0.25) is 0 Å². The molecule has 1 amide bonds. The van der Waals surface area contributed by atoms with Gasteiger partial charge in [-0.25, -0.2) is 18.0 Å². The minimum Gasteiger partial charge on any atom is -0.467 e. The molecule has 5 heterocycles. The standard InChI is InChI=1S/C49H66F3N7O6Si/c1-29(2)66(30(3)4,31(5)6)20-19-38-39(50)18-15-32-21-37(63-28-61-11)22-40(41(32)38)64-46-54-43-42(59(46)33-13-12-14-33)44(55-45(53-43)62-26-36-23-49(51,52)27-56(36)10)57-24-34-16-17-35(25-57)58(34)47(60)65-48(7,8)9/h15,18,21-22,29-31,33-36H,12-14,16-17,23-28H2,1-11H3/t34?,35?,36-/m0/s1. The van der Waals surface area contributed by atoms with Crippen molar-refractivity contribution in [3.05, 3.63) is 35.6 Å². The highest BCUT2D eigenvalue weighted by Gasteiger charge is 2.47. The fourth-order valence-corrected chi connectivity index (χ4v) is 16.1. The number of hydrogen-bond acceptors (Lipinski definition) is 11. The number of fused-ring (bicyclic) bond motifs is 4. The summed E-state index contributed by atoms with van der Waals surface area (Å²) in [5, 5.41) is 1.15. The van der Waals surface area contributed by atoms with Crippen LogP contribution in [0.1, 0.15) is 112 Å². The van der Waals surface area contributed by atoms with E-state index in [1.807, 2.05) is 36.3 Å². The zero-order chi connectivity index (χ0) is 47.5. The van der Waals surface area contributed by atoms with E-state index in [0.717, 1.165) is 32.1 Å². The third-order valence-corrected chi connectivity index (χ3v) is 20.5. The molecule has 0 N–H and O–H groups in total. The number of alkyl halides is 2. The van der Waals surface area contributed by atoms with Crippen LogP contribution in [0.3, 0.4) is 0 Å². The number of nitrogens with zero attached hydrogens (tertiary/aromatic N) is 7. The zero-order valence-electron chi connectivity index (χ0n) is 40.3. The Morgan fingerprint density at radius 2 is 1.62 bits per heavy atom. The molecule has 2 aromatic heterocycles. The van der Waals surface area contributed by atoms with Crippen LogP contribution in [0.4, 0.5) is 23.8 Å². The number of methoxy groups -OCH3 is 1. The molecule has 2 aromatic carbocycles. The lowest BCUT2D eigenvalue weighted by atomic mass is 9.93. The van der Waals surface area contributed by atoms with Crippen molar-refractivity contribution < 1.29 is 41.7 Å². The Hall–Kier alpha value is -4.79. The highest BCUT2D eigenvalue weighted by Crippen LogP contribution is 2.46. The van der Waals surface area contributed by atoms with Crippen LogP contribution in [-0.2, 0) is 9.47 Å². The van der Waals surface area contributed by atoms with Gasteiger partial charge in [0.15, 0.2) is 18.3 Å². The summed E-state index contributed by atoms with van der Waals surface area (Å²) >= 11 is 0. The number of aromatic nitrogens is 4. The van der Waals surface area contributed by atoms with E-state index in [4.69, 9.17) is 38.6 Å². The number of likely N-dealkylation sites (tertiary alicyclic amines) is 1. The first-order valence-corrected chi connectivity index (χ1v) is 25.8. The van der Waals surface area contributed by atoms with Gasteiger partial charge in [-0.2, -0.15) is 15.0 Å². The Balaban J connectivity index is 1.27. The molecule has 3 atom stereocenters. The van der Waals surface area contributed by atoms with Crippen molar-refractivity contribution in [2.75, 3.05) is 52.1 Å². The fraction of sp³-hybridized carbons (Fsp3) is 0.633. The van der Waals surface area contributed by atoms with Crippen LogP contribution in [0.5, 0.6) is 23.5 Å². The van der Waals surface area contributed by atoms with E-state index in [0.29, 0.717) is 69.0 Å². The summed E-state index contributed by atoms with van der Waals surface area (Å²) in [6, 6.07) is 6.05. The molecule has 3 saturated heterocycles. The minimum atomic E-state index is -2.83. The van der Waals surface area contributed by atoms with Gasteiger partial charge in [0.25, 0.3) is 5.92 Å². The van der Waals surface area contributed by atoms with Gasteiger partial charge in [0.05, 0.1) is 24.2 Å².